The molecular formula is C16H26N2O3S. The van der Waals surface area contributed by atoms with E-state index < -0.39 is 10.0 Å². The predicted octanol–water partition coefficient (Wildman–Crippen LogP) is 2.06. The lowest BCUT2D eigenvalue weighted by molar-refractivity contribution is -0.121. The summed E-state index contributed by atoms with van der Waals surface area (Å²) in [4.78, 5) is 11.9. The summed E-state index contributed by atoms with van der Waals surface area (Å²) in [5.41, 5.74) is 1.98. The second kappa shape index (κ2) is 8.90. The Morgan fingerprint density at radius 1 is 1.18 bits per heavy atom. The quantitative estimate of drug-likeness (QED) is 0.706. The first-order chi connectivity index (χ1) is 10.3. The van der Waals surface area contributed by atoms with Gasteiger partial charge in [0.1, 0.15) is 0 Å². The SMILES string of the molecule is CCCCCNC(=O)CN(Cc1ccc(C)cc1)S(C)(=O)=O. The third kappa shape index (κ3) is 7.04. The van der Waals surface area contributed by atoms with Crippen LogP contribution in [0.3, 0.4) is 0 Å². The summed E-state index contributed by atoms with van der Waals surface area (Å²) in [6.07, 6.45) is 4.18. The zero-order valence-electron chi connectivity index (χ0n) is 13.6. The average molecular weight is 326 g/mol. The highest BCUT2D eigenvalue weighted by molar-refractivity contribution is 7.88. The summed E-state index contributed by atoms with van der Waals surface area (Å²) in [6, 6.07) is 7.63. The number of nitrogens with one attached hydrogen (secondary N) is 1. The van der Waals surface area contributed by atoms with Crippen molar-refractivity contribution in [3.05, 3.63) is 35.4 Å². The number of amides is 1. The fourth-order valence-electron chi connectivity index (χ4n) is 2.01. The molecule has 22 heavy (non-hydrogen) atoms. The molecule has 0 radical (unpaired) electrons. The number of aryl methyl sites for hydroxylation is 1. The molecule has 6 heteroatoms. The van der Waals surface area contributed by atoms with Crippen molar-refractivity contribution in [2.24, 2.45) is 0 Å². The van der Waals surface area contributed by atoms with Gasteiger partial charge in [-0.3, -0.25) is 4.79 Å². The molecule has 0 saturated heterocycles. The first-order valence-electron chi connectivity index (χ1n) is 7.60. The second-order valence-electron chi connectivity index (χ2n) is 5.57. The van der Waals surface area contributed by atoms with E-state index in [1.807, 2.05) is 31.2 Å². The maximum Gasteiger partial charge on any atom is 0.235 e. The van der Waals surface area contributed by atoms with E-state index in [9.17, 15) is 13.2 Å². The van der Waals surface area contributed by atoms with Crippen LogP contribution in [0.5, 0.6) is 0 Å². The maximum absolute atomic E-state index is 11.9. The van der Waals surface area contributed by atoms with Gasteiger partial charge < -0.3 is 5.32 Å². The van der Waals surface area contributed by atoms with E-state index in [0.29, 0.717) is 6.54 Å². The minimum atomic E-state index is -3.43. The highest BCUT2D eigenvalue weighted by Gasteiger charge is 2.20. The smallest absolute Gasteiger partial charge is 0.235 e. The van der Waals surface area contributed by atoms with Gasteiger partial charge in [-0.05, 0) is 18.9 Å². The number of hydrogen-bond donors (Lipinski definition) is 1. The molecule has 0 aliphatic rings. The van der Waals surface area contributed by atoms with Crippen LogP contribution in [-0.2, 0) is 21.4 Å². The molecule has 0 saturated carbocycles. The Morgan fingerprint density at radius 2 is 1.82 bits per heavy atom. The molecule has 0 atom stereocenters. The van der Waals surface area contributed by atoms with Crippen LogP contribution in [0.2, 0.25) is 0 Å². The van der Waals surface area contributed by atoms with E-state index in [1.165, 1.54) is 4.31 Å². The van der Waals surface area contributed by atoms with Crippen molar-refractivity contribution in [3.63, 3.8) is 0 Å². The Bertz CT molecular complexity index is 568. The molecule has 0 aliphatic heterocycles. The predicted molar refractivity (Wildman–Crippen MR) is 89.0 cm³/mol. The lowest BCUT2D eigenvalue weighted by Crippen LogP contribution is -2.40. The zero-order chi connectivity index (χ0) is 16.6. The van der Waals surface area contributed by atoms with E-state index in [2.05, 4.69) is 12.2 Å². The molecule has 0 aliphatic carbocycles. The van der Waals surface area contributed by atoms with Crippen molar-refractivity contribution in [2.75, 3.05) is 19.3 Å². The molecule has 1 amide bonds. The normalized spacial score (nSPS) is 11.6. The standard InChI is InChI=1S/C16H26N2O3S/c1-4-5-6-11-17-16(19)13-18(22(3,20)21)12-15-9-7-14(2)8-10-15/h7-10H,4-6,11-13H2,1-3H3,(H,17,19). The number of unbranched alkanes of at least 4 members (excludes halogenated alkanes) is 2. The molecule has 1 N–H and O–H groups in total. The van der Waals surface area contributed by atoms with Crippen LogP contribution in [0.1, 0.15) is 37.3 Å². The molecular weight excluding hydrogens is 300 g/mol. The van der Waals surface area contributed by atoms with Crippen LogP contribution in [0, 0.1) is 6.92 Å². The minimum absolute atomic E-state index is 0.140. The summed E-state index contributed by atoms with van der Waals surface area (Å²) in [5, 5.41) is 2.77. The maximum atomic E-state index is 11.9. The van der Waals surface area contributed by atoms with E-state index in [1.54, 1.807) is 0 Å². The van der Waals surface area contributed by atoms with Gasteiger partial charge in [-0.1, -0.05) is 49.6 Å². The van der Waals surface area contributed by atoms with Crippen molar-refractivity contribution >= 4 is 15.9 Å². The number of hydrogen-bond acceptors (Lipinski definition) is 3. The average Bonchev–Trinajstić information content (AvgIpc) is 2.44. The fourth-order valence-corrected chi connectivity index (χ4v) is 2.74. The number of rotatable bonds is 9. The number of nitrogens with zero attached hydrogens (tertiary/aromatic N) is 1. The lowest BCUT2D eigenvalue weighted by atomic mass is 10.1. The Hall–Kier alpha value is -1.40. The van der Waals surface area contributed by atoms with Crippen molar-refractivity contribution in [2.45, 2.75) is 39.7 Å². The van der Waals surface area contributed by atoms with E-state index in [0.717, 1.165) is 36.6 Å². The Balaban J connectivity index is 2.62. The first kappa shape index (κ1) is 18.6. The van der Waals surface area contributed by atoms with Gasteiger partial charge in [0.15, 0.2) is 0 Å². The van der Waals surface area contributed by atoms with Gasteiger partial charge in [-0.2, -0.15) is 4.31 Å². The Kier molecular flexibility index (Phi) is 7.55. The van der Waals surface area contributed by atoms with Gasteiger partial charge in [-0.25, -0.2) is 8.42 Å². The van der Waals surface area contributed by atoms with Gasteiger partial charge in [0.2, 0.25) is 15.9 Å². The topological polar surface area (TPSA) is 66.5 Å². The largest absolute Gasteiger partial charge is 0.355 e. The molecule has 0 bridgehead atoms. The molecule has 0 heterocycles. The Morgan fingerprint density at radius 3 is 2.36 bits per heavy atom. The van der Waals surface area contributed by atoms with E-state index in [4.69, 9.17) is 0 Å². The number of benzene rings is 1. The van der Waals surface area contributed by atoms with Crippen LogP contribution >= 0.6 is 0 Å². The lowest BCUT2D eigenvalue weighted by Gasteiger charge is -2.19. The van der Waals surface area contributed by atoms with Crippen LogP contribution in [0.4, 0.5) is 0 Å². The fraction of sp³-hybridized carbons (Fsp3) is 0.562. The zero-order valence-corrected chi connectivity index (χ0v) is 14.4. The summed E-state index contributed by atoms with van der Waals surface area (Å²) in [7, 11) is -3.43. The van der Waals surface area contributed by atoms with Crippen molar-refractivity contribution in [3.8, 4) is 0 Å². The number of carbonyl (C=O) groups is 1. The first-order valence-corrected chi connectivity index (χ1v) is 9.45. The van der Waals surface area contributed by atoms with Gasteiger partial charge in [0, 0.05) is 13.1 Å². The Labute approximate surface area is 133 Å². The van der Waals surface area contributed by atoms with Crippen LogP contribution in [0.25, 0.3) is 0 Å². The number of carbonyl (C=O) groups excluding carboxylic acids is 1. The molecule has 0 fully saturated rings. The van der Waals surface area contributed by atoms with Crippen molar-refractivity contribution in [1.82, 2.24) is 9.62 Å². The van der Waals surface area contributed by atoms with Gasteiger partial charge in [0.25, 0.3) is 0 Å². The van der Waals surface area contributed by atoms with E-state index in [-0.39, 0.29) is 19.0 Å². The molecule has 5 nitrogen and oxygen atoms in total. The summed E-state index contributed by atoms with van der Waals surface area (Å²) < 4.78 is 24.9. The monoisotopic (exact) mass is 326 g/mol. The summed E-state index contributed by atoms with van der Waals surface area (Å²) in [5.74, 6) is -0.256. The molecule has 0 spiro atoms. The third-order valence-electron chi connectivity index (χ3n) is 3.37. The van der Waals surface area contributed by atoms with E-state index >= 15 is 0 Å². The van der Waals surface area contributed by atoms with Crippen molar-refractivity contribution < 1.29 is 13.2 Å². The van der Waals surface area contributed by atoms with Crippen LogP contribution < -0.4 is 5.32 Å². The van der Waals surface area contributed by atoms with Gasteiger partial charge >= 0.3 is 0 Å². The molecule has 124 valence electrons. The second-order valence-corrected chi connectivity index (χ2v) is 7.56. The molecule has 1 aromatic carbocycles. The van der Waals surface area contributed by atoms with Crippen molar-refractivity contribution in [1.29, 1.82) is 0 Å². The molecule has 0 unspecified atom stereocenters. The van der Waals surface area contributed by atoms with Crippen LogP contribution in [0.15, 0.2) is 24.3 Å². The minimum Gasteiger partial charge on any atom is -0.355 e. The number of sulfonamides is 1. The van der Waals surface area contributed by atoms with Crippen LogP contribution in [-0.4, -0.2) is 38.0 Å². The third-order valence-corrected chi connectivity index (χ3v) is 4.57. The molecule has 1 aromatic rings. The molecule has 1 rings (SSSR count). The summed E-state index contributed by atoms with van der Waals surface area (Å²) in [6.45, 7) is 4.73. The highest BCUT2D eigenvalue weighted by Crippen LogP contribution is 2.09. The molecule has 0 aromatic heterocycles. The summed E-state index contributed by atoms with van der Waals surface area (Å²) >= 11 is 0. The highest BCUT2D eigenvalue weighted by atomic mass is 32.2. The van der Waals surface area contributed by atoms with Gasteiger partial charge in [0.05, 0.1) is 12.8 Å². The van der Waals surface area contributed by atoms with Gasteiger partial charge in [-0.15, -0.1) is 0 Å².